The Morgan fingerprint density at radius 2 is 2.24 bits per heavy atom. The van der Waals surface area contributed by atoms with Gasteiger partial charge in [-0.1, -0.05) is 13.0 Å². The standard InChI is InChI=1S/C13H12BrN3/c1-3-12-11(14)6-10(7-15)17(12)13-5-4-9(2)8-16-13/h4-6,8H,3H2,1-2H3. The van der Waals surface area contributed by atoms with Crippen LogP contribution in [-0.4, -0.2) is 9.55 Å². The maximum atomic E-state index is 9.15. The molecule has 2 heterocycles. The monoisotopic (exact) mass is 289 g/mol. The maximum absolute atomic E-state index is 9.15. The van der Waals surface area contributed by atoms with Crippen molar-refractivity contribution in [3.05, 3.63) is 45.8 Å². The number of hydrogen-bond acceptors (Lipinski definition) is 2. The van der Waals surface area contributed by atoms with E-state index in [1.165, 1.54) is 0 Å². The van der Waals surface area contributed by atoms with E-state index in [9.17, 15) is 0 Å². The molecule has 3 nitrogen and oxygen atoms in total. The Labute approximate surface area is 109 Å². The van der Waals surface area contributed by atoms with Crippen LogP contribution >= 0.6 is 15.9 Å². The Balaban J connectivity index is 2.65. The van der Waals surface area contributed by atoms with Gasteiger partial charge >= 0.3 is 0 Å². The largest absolute Gasteiger partial charge is 0.288 e. The van der Waals surface area contributed by atoms with Crippen molar-refractivity contribution in [1.82, 2.24) is 9.55 Å². The van der Waals surface area contributed by atoms with Crippen molar-refractivity contribution >= 4 is 15.9 Å². The van der Waals surface area contributed by atoms with Gasteiger partial charge in [0.25, 0.3) is 0 Å². The molecule has 0 aromatic carbocycles. The van der Waals surface area contributed by atoms with E-state index in [1.54, 1.807) is 0 Å². The molecule has 0 aliphatic carbocycles. The minimum atomic E-state index is 0.602. The topological polar surface area (TPSA) is 41.6 Å². The number of hydrogen-bond donors (Lipinski definition) is 0. The van der Waals surface area contributed by atoms with Crippen molar-refractivity contribution < 1.29 is 0 Å². The van der Waals surface area contributed by atoms with Crippen molar-refractivity contribution in [3.8, 4) is 11.9 Å². The van der Waals surface area contributed by atoms with E-state index in [-0.39, 0.29) is 0 Å². The van der Waals surface area contributed by atoms with Crippen LogP contribution in [0.1, 0.15) is 23.9 Å². The summed E-state index contributed by atoms with van der Waals surface area (Å²) in [6.45, 7) is 4.06. The molecule has 0 aliphatic heterocycles. The lowest BCUT2D eigenvalue weighted by Gasteiger charge is -2.08. The summed E-state index contributed by atoms with van der Waals surface area (Å²) in [5.74, 6) is 0.787. The van der Waals surface area contributed by atoms with Crippen LogP contribution in [0.15, 0.2) is 28.9 Å². The third-order valence-corrected chi connectivity index (χ3v) is 3.31. The fourth-order valence-electron chi connectivity index (χ4n) is 1.78. The minimum absolute atomic E-state index is 0.602. The minimum Gasteiger partial charge on any atom is -0.288 e. The molecule has 4 heteroatoms. The lowest BCUT2D eigenvalue weighted by atomic mass is 10.3. The molecule has 0 spiro atoms. The molecule has 0 amide bonds. The summed E-state index contributed by atoms with van der Waals surface area (Å²) in [6.07, 6.45) is 2.65. The molecule has 2 rings (SSSR count). The van der Waals surface area contributed by atoms with Gasteiger partial charge in [0.2, 0.25) is 0 Å². The maximum Gasteiger partial charge on any atom is 0.137 e. The third-order valence-electron chi connectivity index (χ3n) is 2.62. The molecule has 2 aromatic rings. The van der Waals surface area contributed by atoms with Crippen LogP contribution in [-0.2, 0) is 6.42 Å². The number of pyridine rings is 1. The molecule has 0 saturated carbocycles. The summed E-state index contributed by atoms with van der Waals surface area (Å²) in [4.78, 5) is 4.37. The van der Waals surface area contributed by atoms with Gasteiger partial charge in [0.05, 0.1) is 0 Å². The van der Waals surface area contributed by atoms with Crippen molar-refractivity contribution in [2.45, 2.75) is 20.3 Å². The molecule has 0 saturated heterocycles. The van der Waals surface area contributed by atoms with E-state index >= 15 is 0 Å². The van der Waals surface area contributed by atoms with Crippen molar-refractivity contribution in [2.24, 2.45) is 0 Å². The zero-order valence-corrected chi connectivity index (χ0v) is 11.3. The Kier molecular flexibility index (Phi) is 3.30. The highest BCUT2D eigenvalue weighted by molar-refractivity contribution is 9.10. The fourth-order valence-corrected chi connectivity index (χ4v) is 2.46. The van der Waals surface area contributed by atoms with Crippen LogP contribution < -0.4 is 0 Å². The van der Waals surface area contributed by atoms with Crippen LogP contribution in [0.2, 0.25) is 0 Å². The van der Waals surface area contributed by atoms with Crippen LogP contribution in [0.25, 0.3) is 5.82 Å². The highest BCUT2D eigenvalue weighted by Gasteiger charge is 2.13. The van der Waals surface area contributed by atoms with Gasteiger partial charge in [-0.3, -0.25) is 4.57 Å². The van der Waals surface area contributed by atoms with Gasteiger partial charge in [-0.05, 0) is 47.0 Å². The zero-order chi connectivity index (χ0) is 12.4. The smallest absolute Gasteiger partial charge is 0.137 e. The van der Waals surface area contributed by atoms with E-state index in [0.717, 1.165) is 28.0 Å². The fraction of sp³-hybridized carbons (Fsp3) is 0.231. The normalized spacial score (nSPS) is 10.2. The summed E-state index contributed by atoms with van der Waals surface area (Å²) in [5.41, 5.74) is 2.78. The van der Waals surface area contributed by atoms with Gasteiger partial charge < -0.3 is 0 Å². The molecule has 2 aromatic heterocycles. The molecule has 0 atom stereocenters. The van der Waals surface area contributed by atoms with Gasteiger partial charge in [0.1, 0.15) is 17.6 Å². The first-order valence-electron chi connectivity index (χ1n) is 5.40. The van der Waals surface area contributed by atoms with E-state index in [2.05, 4.69) is 33.9 Å². The van der Waals surface area contributed by atoms with Crippen molar-refractivity contribution in [3.63, 3.8) is 0 Å². The molecule has 0 fully saturated rings. The molecular weight excluding hydrogens is 278 g/mol. The number of halogens is 1. The highest BCUT2D eigenvalue weighted by atomic mass is 79.9. The summed E-state index contributed by atoms with van der Waals surface area (Å²) < 4.78 is 2.85. The molecule has 0 unspecified atom stereocenters. The van der Waals surface area contributed by atoms with Gasteiger partial charge in [0, 0.05) is 16.4 Å². The Morgan fingerprint density at radius 1 is 1.47 bits per heavy atom. The van der Waals surface area contributed by atoms with Gasteiger partial charge in [-0.25, -0.2) is 4.98 Å². The number of nitriles is 1. The SMILES string of the molecule is CCc1c(Br)cc(C#N)n1-c1ccc(C)cn1. The molecule has 0 radical (unpaired) electrons. The molecule has 0 N–H and O–H groups in total. The number of aryl methyl sites for hydroxylation is 1. The first-order chi connectivity index (χ1) is 8.17. The van der Waals surface area contributed by atoms with E-state index in [0.29, 0.717) is 5.69 Å². The highest BCUT2D eigenvalue weighted by Crippen LogP contribution is 2.25. The predicted octanol–water partition coefficient (Wildman–Crippen LogP) is 3.38. The third kappa shape index (κ3) is 2.11. The van der Waals surface area contributed by atoms with Crippen LogP contribution in [0.5, 0.6) is 0 Å². The molecular formula is C13H12BrN3. The number of nitrogens with zero attached hydrogens (tertiary/aromatic N) is 3. The quantitative estimate of drug-likeness (QED) is 0.850. The zero-order valence-electron chi connectivity index (χ0n) is 9.74. The average molecular weight is 290 g/mol. The van der Waals surface area contributed by atoms with Gasteiger partial charge in [-0.2, -0.15) is 5.26 Å². The van der Waals surface area contributed by atoms with E-state index in [4.69, 9.17) is 5.26 Å². The van der Waals surface area contributed by atoms with E-state index < -0.39 is 0 Å². The molecule has 17 heavy (non-hydrogen) atoms. The second kappa shape index (κ2) is 4.72. The average Bonchev–Trinajstić information content (AvgIpc) is 2.66. The van der Waals surface area contributed by atoms with Crippen LogP contribution in [0, 0.1) is 18.3 Å². The molecule has 86 valence electrons. The Hall–Kier alpha value is -1.60. The lowest BCUT2D eigenvalue weighted by Crippen LogP contribution is -2.04. The summed E-state index contributed by atoms with van der Waals surface area (Å²) in [5, 5.41) is 9.15. The van der Waals surface area contributed by atoms with E-state index in [1.807, 2.05) is 35.9 Å². The van der Waals surface area contributed by atoms with Gasteiger partial charge in [0.15, 0.2) is 0 Å². The predicted molar refractivity (Wildman–Crippen MR) is 70.1 cm³/mol. The second-order valence-corrected chi connectivity index (χ2v) is 4.67. The lowest BCUT2D eigenvalue weighted by molar-refractivity contribution is 0.887. The number of aromatic nitrogens is 2. The van der Waals surface area contributed by atoms with Crippen molar-refractivity contribution in [1.29, 1.82) is 5.26 Å². The molecule has 0 aliphatic rings. The molecule has 0 bridgehead atoms. The summed E-state index contributed by atoms with van der Waals surface area (Å²) in [7, 11) is 0. The number of rotatable bonds is 2. The first kappa shape index (κ1) is 11.9. The first-order valence-corrected chi connectivity index (χ1v) is 6.20. The van der Waals surface area contributed by atoms with Crippen LogP contribution in [0.3, 0.4) is 0 Å². The Morgan fingerprint density at radius 3 is 2.76 bits per heavy atom. The summed E-state index contributed by atoms with van der Waals surface area (Å²) >= 11 is 3.48. The van der Waals surface area contributed by atoms with Crippen LogP contribution in [0.4, 0.5) is 0 Å². The second-order valence-electron chi connectivity index (χ2n) is 3.82. The summed E-state index contributed by atoms with van der Waals surface area (Å²) in [6, 6.07) is 7.96. The Bertz CT molecular complexity index is 576. The van der Waals surface area contributed by atoms with Crippen molar-refractivity contribution in [2.75, 3.05) is 0 Å². The van der Waals surface area contributed by atoms with Gasteiger partial charge in [-0.15, -0.1) is 0 Å².